The number of nitrogens with zero attached hydrogens (tertiary/aromatic N) is 1. The molecule has 0 aromatic carbocycles. The molecule has 0 bridgehead atoms. The van der Waals surface area contributed by atoms with Crippen LogP contribution in [0.1, 0.15) is 17.5 Å². The third-order valence-corrected chi connectivity index (χ3v) is 3.64. The van der Waals surface area contributed by atoms with E-state index in [0.29, 0.717) is 18.0 Å². The number of carbonyl (C=O) groups excluding carboxylic acids is 1. The largest absolute Gasteiger partial charge is 0.404 e. The number of nitrogens with one attached hydrogen (secondary N) is 3. The summed E-state index contributed by atoms with van der Waals surface area (Å²) in [5.74, 6) is 0.380. The molecule has 5 N–H and O–H groups in total. The van der Waals surface area contributed by atoms with Crippen molar-refractivity contribution < 1.29 is 4.79 Å². The van der Waals surface area contributed by atoms with Gasteiger partial charge in [0.05, 0.1) is 0 Å². The van der Waals surface area contributed by atoms with Crippen LogP contribution in [0.5, 0.6) is 0 Å². The van der Waals surface area contributed by atoms with E-state index in [4.69, 9.17) is 11.1 Å². The van der Waals surface area contributed by atoms with Gasteiger partial charge >= 0.3 is 0 Å². The Morgan fingerprint density at radius 1 is 1.59 bits per heavy atom. The van der Waals surface area contributed by atoms with Gasteiger partial charge in [0.1, 0.15) is 0 Å². The van der Waals surface area contributed by atoms with Crippen molar-refractivity contribution in [1.29, 1.82) is 5.41 Å². The highest BCUT2D eigenvalue weighted by Gasteiger charge is 2.14. The van der Waals surface area contributed by atoms with Crippen LogP contribution < -0.4 is 16.4 Å². The number of nitrogens with two attached hydrogens (primary N) is 1. The van der Waals surface area contributed by atoms with Crippen molar-refractivity contribution in [3.05, 3.63) is 41.9 Å². The predicted octanol–water partition coefficient (Wildman–Crippen LogP) is 0.770. The highest BCUT2D eigenvalue weighted by molar-refractivity contribution is 6.09. The van der Waals surface area contributed by atoms with Crippen LogP contribution in [-0.4, -0.2) is 36.7 Å². The van der Waals surface area contributed by atoms with E-state index in [2.05, 4.69) is 15.6 Å². The molecular formula is C16H21N5O. The Morgan fingerprint density at radius 3 is 3.14 bits per heavy atom. The number of hydrogen-bond acceptors (Lipinski definition) is 5. The Hall–Kier alpha value is -2.47. The standard InChI is InChI=1S/C16H21N5O/c17-7-14(8-18)15-4-6-20-11-13(15)1-2-16(22)21-10-12-3-5-19-9-12/h1-2,4,6-8,11-12,17,19H,3,5,9-10,18H2,(H,21,22)/b2-1+,14-8?,17-7?. The molecule has 1 unspecified atom stereocenters. The van der Waals surface area contributed by atoms with Crippen molar-refractivity contribution in [2.24, 2.45) is 11.7 Å². The molecule has 1 saturated heterocycles. The van der Waals surface area contributed by atoms with Gasteiger partial charge in [0.15, 0.2) is 0 Å². The zero-order valence-corrected chi connectivity index (χ0v) is 12.4. The van der Waals surface area contributed by atoms with Gasteiger partial charge in [-0.3, -0.25) is 9.78 Å². The minimum atomic E-state index is -0.130. The van der Waals surface area contributed by atoms with Crippen LogP contribution in [0.4, 0.5) is 0 Å². The van der Waals surface area contributed by atoms with Crippen molar-refractivity contribution in [2.75, 3.05) is 19.6 Å². The lowest BCUT2D eigenvalue weighted by molar-refractivity contribution is -0.116. The molecule has 1 aliphatic heterocycles. The molecule has 1 fully saturated rings. The fourth-order valence-electron chi connectivity index (χ4n) is 2.38. The van der Waals surface area contributed by atoms with Crippen molar-refractivity contribution in [3.8, 4) is 0 Å². The molecule has 0 radical (unpaired) electrons. The molecule has 6 nitrogen and oxygen atoms in total. The van der Waals surface area contributed by atoms with Crippen LogP contribution in [0.2, 0.25) is 0 Å². The van der Waals surface area contributed by atoms with Gasteiger partial charge in [-0.15, -0.1) is 0 Å². The van der Waals surface area contributed by atoms with E-state index in [1.807, 2.05) is 0 Å². The maximum absolute atomic E-state index is 11.9. The molecule has 1 aliphatic rings. The van der Waals surface area contributed by atoms with Crippen LogP contribution >= 0.6 is 0 Å². The van der Waals surface area contributed by atoms with Crippen molar-refractivity contribution in [1.82, 2.24) is 15.6 Å². The average molecular weight is 299 g/mol. The van der Waals surface area contributed by atoms with E-state index in [1.54, 1.807) is 24.5 Å². The number of pyridine rings is 1. The summed E-state index contributed by atoms with van der Waals surface area (Å²) in [6, 6.07) is 1.77. The average Bonchev–Trinajstić information content (AvgIpc) is 3.06. The Labute approximate surface area is 130 Å². The first-order chi connectivity index (χ1) is 10.7. The molecule has 1 aromatic heterocycles. The zero-order valence-electron chi connectivity index (χ0n) is 12.4. The molecule has 2 rings (SSSR count). The molecular weight excluding hydrogens is 278 g/mol. The Morgan fingerprint density at radius 2 is 2.45 bits per heavy atom. The lowest BCUT2D eigenvalue weighted by Gasteiger charge is -2.08. The lowest BCUT2D eigenvalue weighted by Crippen LogP contribution is -2.28. The van der Waals surface area contributed by atoms with E-state index >= 15 is 0 Å². The monoisotopic (exact) mass is 299 g/mol. The summed E-state index contributed by atoms with van der Waals surface area (Å²) < 4.78 is 0. The van der Waals surface area contributed by atoms with Gasteiger partial charge in [0.25, 0.3) is 0 Å². The quantitative estimate of drug-likeness (QED) is 0.460. The van der Waals surface area contributed by atoms with Gasteiger partial charge in [-0.1, -0.05) is 0 Å². The highest BCUT2D eigenvalue weighted by Crippen LogP contribution is 2.17. The number of carbonyl (C=O) groups is 1. The predicted molar refractivity (Wildman–Crippen MR) is 88.2 cm³/mol. The molecule has 1 amide bonds. The molecule has 2 heterocycles. The smallest absolute Gasteiger partial charge is 0.244 e. The molecule has 0 saturated carbocycles. The van der Waals surface area contributed by atoms with Gasteiger partial charge in [-0.2, -0.15) is 0 Å². The van der Waals surface area contributed by atoms with Gasteiger partial charge in [-0.25, -0.2) is 0 Å². The van der Waals surface area contributed by atoms with Gasteiger partial charge in [0, 0.05) is 48.6 Å². The van der Waals surface area contributed by atoms with Gasteiger partial charge < -0.3 is 21.8 Å². The molecule has 116 valence electrons. The summed E-state index contributed by atoms with van der Waals surface area (Å²) in [5.41, 5.74) is 7.62. The summed E-state index contributed by atoms with van der Waals surface area (Å²) in [5, 5.41) is 13.5. The summed E-state index contributed by atoms with van der Waals surface area (Å²) in [6.45, 7) is 2.67. The fourth-order valence-corrected chi connectivity index (χ4v) is 2.38. The van der Waals surface area contributed by atoms with Crippen molar-refractivity contribution >= 4 is 23.8 Å². The van der Waals surface area contributed by atoms with E-state index < -0.39 is 0 Å². The van der Waals surface area contributed by atoms with Gasteiger partial charge in [-0.05, 0) is 43.1 Å². The first-order valence-electron chi connectivity index (χ1n) is 7.28. The number of hydrogen-bond donors (Lipinski definition) is 4. The maximum Gasteiger partial charge on any atom is 0.244 e. The molecule has 0 aliphatic carbocycles. The second kappa shape index (κ2) is 8.09. The maximum atomic E-state index is 11.9. The molecule has 0 spiro atoms. The summed E-state index contributed by atoms with van der Waals surface area (Å²) in [7, 11) is 0. The van der Waals surface area contributed by atoms with Gasteiger partial charge in [0.2, 0.25) is 5.91 Å². The van der Waals surface area contributed by atoms with Crippen LogP contribution in [-0.2, 0) is 4.79 Å². The number of amides is 1. The zero-order chi connectivity index (χ0) is 15.8. The van der Waals surface area contributed by atoms with Crippen LogP contribution in [0.3, 0.4) is 0 Å². The Kier molecular flexibility index (Phi) is 5.85. The van der Waals surface area contributed by atoms with Crippen molar-refractivity contribution in [3.63, 3.8) is 0 Å². The lowest BCUT2D eigenvalue weighted by atomic mass is 10.0. The summed E-state index contributed by atoms with van der Waals surface area (Å²) in [6.07, 6.45) is 10.1. The molecule has 1 atom stereocenters. The number of rotatable bonds is 6. The number of aromatic nitrogens is 1. The van der Waals surface area contributed by atoms with Crippen LogP contribution in [0.25, 0.3) is 11.6 Å². The number of allylic oxidation sites excluding steroid dienone is 1. The molecule has 6 heteroatoms. The van der Waals surface area contributed by atoms with Crippen LogP contribution in [0.15, 0.2) is 30.7 Å². The third kappa shape index (κ3) is 4.26. The highest BCUT2D eigenvalue weighted by atomic mass is 16.1. The molecule has 22 heavy (non-hydrogen) atoms. The first-order valence-corrected chi connectivity index (χ1v) is 7.28. The fraction of sp³-hybridized carbons (Fsp3) is 0.312. The van der Waals surface area contributed by atoms with Crippen LogP contribution in [0, 0.1) is 11.3 Å². The summed E-state index contributed by atoms with van der Waals surface area (Å²) >= 11 is 0. The SMILES string of the molecule is N=CC(=CN)c1ccncc1/C=C/C(=O)NCC1CCNC1. The normalized spacial score (nSPS) is 18.5. The topological polar surface area (TPSA) is 104 Å². The van der Waals surface area contributed by atoms with Crippen molar-refractivity contribution in [2.45, 2.75) is 6.42 Å². The van der Waals surface area contributed by atoms with E-state index in [-0.39, 0.29) is 5.91 Å². The summed E-state index contributed by atoms with van der Waals surface area (Å²) in [4.78, 5) is 15.9. The minimum Gasteiger partial charge on any atom is -0.404 e. The second-order valence-electron chi connectivity index (χ2n) is 5.17. The third-order valence-electron chi connectivity index (χ3n) is 3.64. The van der Waals surface area contributed by atoms with E-state index in [9.17, 15) is 4.79 Å². The van der Waals surface area contributed by atoms with E-state index in [0.717, 1.165) is 30.6 Å². The Balaban J connectivity index is 2.00. The second-order valence-corrected chi connectivity index (χ2v) is 5.17. The van der Waals surface area contributed by atoms with E-state index in [1.165, 1.54) is 18.5 Å². The Bertz CT molecular complexity index is 588. The minimum absolute atomic E-state index is 0.130. The molecule has 1 aromatic rings. The first kappa shape index (κ1) is 15.9.